The Hall–Kier alpha value is -2.71. The number of aromatic amines is 1. The van der Waals surface area contributed by atoms with E-state index in [0.717, 1.165) is 40.9 Å². The van der Waals surface area contributed by atoms with Crippen LogP contribution < -0.4 is 10.6 Å². The maximum Gasteiger partial charge on any atom is 0.272 e. The lowest BCUT2D eigenvalue weighted by Gasteiger charge is -2.28. The first kappa shape index (κ1) is 19.6. The predicted molar refractivity (Wildman–Crippen MR) is 114 cm³/mol. The first-order valence-electron chi connectivity index (χ1n) is 9.77. The topological polar surface area (TPSA) is 98.8 Å². The van der Waals surface area contributed by atoms with E-state index < -0.39 is 0 Å². The van der Waals surface area contributed by atoms with Crippen LogP contribution in [0.4, 0.5) is 11.6 Å². The van der Waals surface area contributed by atoms with E-state index >= 15 is 0 Å². The van der Waals surface area contributed by atoms with Crippen LogP contribution in [0.2, 0.25) is 0 Å². The Morgan fingerprint density at radius 1 is 1.24 bits per heavy atom. The second kappa shape index (κ2) is 7.96. The molecule has 0 spiro atoms. The lowest BCUT2D eigenvalue weighted by atomic mass is 10.1. The van der Waals surface area contributed by atoms with E-state index in [-0.39, 0.29) is 18.3 Å². The van der Waals surface area contributed by atoms with Crippen molar-refractivity contribution in [2.24, 2.45) is 0 Å². The van der Waals surface area contributed by atoms with Gasteiger partial charge >= 0.3 is 0 Å². The van der Waals surface area contributed by atoms with Gasteiger partial charge in [-0.2, -0.15) is 5.10 Å². The Kier molecular flexibility index (Phi) is 5.38. The number of H-pyrrole nitrogens is 1. The zero-order valence-corrected chi connectivity index (χ0v) is 17.1. The summed E-state index contributed by atoms with van der Waals surface area (Å²) in [5.41, 5.74) is 2.48. The van der Waals surface area contributed by atoms with Gasteiger partial charge in [-0.05, 0) is 31.4 Å². The molecule has 1 saturated heterocycles. The largest absolute Gasteiger partial charge is 0.335 e. The number of halogens is 1. The monoisotopic (exact) mass is 413 g/mol. The number of fused-ring (bicyclic) bond motifs is 1. The molecule has 5 rings (SSSR count). The summed E-state index contributed by atoms with van der Waals surface area (Å²) in [4.78, 5) is 24.0. The Morgan fingerprint density at radius 3 is 2.79 bits per heavy atom. The number of carbonyl (C=O) groups excluding carboxylic acids is 1. The van der Waals surface area contributed by atoms with Gasteiger partial charge in [0.05, 0.1) is 0 Å². The van der Waals surface area contributed by atoms with Crippen LogP contribution in [0.1, 0.15) is 40.5 Å². The summed E-state index contributed by atoms with van der Waals surface area (Å²) in [7, 11) is 0. The average molecular weight is 414 g/mol. The smallest absolute Gasteiger partial charge is 0.272 e. The van der Waals surface area contributed by atoms with Gasteiger partial charge in [0.2, 0.25) is 0 Å². The molecule has 3 aromatic heterocycles. The second-order valence-electron chi connectivity index (χ2n) is 7.51. The summed E-state index contributed by atoms with van der Waals surface area (Å²) in [5, 5.41) is 15.9. The fourth-order valence-corrected chi connectivity index (χ4v) is 3.73. The van der Waals surface area contributed by atoms with Crippen molar-refractivity contribution in [1.29, 1.82) is 0 Å². The molecule has 1 saturated carbocycles. The fourth-order valence-electron chi connectivity index (χ4n) is 3.73. The lowest BCUT2D eigenvalue weighted by molar-refractivity contribution is 0.0729. The summed E-state index contributed by atoms with van der Waals surface area (Å²) in [6.07, 6.45) is 5.96. The van der Waals surface area contributed by atoms with Crippen LogP contribution >= 0.6 is 12.4 Å². The maximum absolute atomic E-state index is 13.1. The number of rotatable bonds is 4. The quantitative estimate of drug-likeness (QED) is 0.608. The van der Waals surface area contributed by atoms with Gasteiger partial charge in [-0.15, -0.1) is 12.4 Å². The number of carbonyl (C=O) groups is 1. The van der Waals surface area contributed by atoms with Crippen molar-refractivity contribution in [3.8, 4) is 0 Å². The molecule has 1 aliphatic heterocycles. The SMILES string of the molecule is Cc1c(C(=O)N2CCNCC2)nc(Nc2cc(C3CC3)[nH]n2)c2ccncc12.Cl. The Labute approximate surface area is 174 Å². The van der Waals surface area contributed by atoms with E-state index in [1.807, 2.05) is 24.0 Å². The molecule has 3 N–H and O–H groups in total. The third-order valence-corrected chi connectivity index (χ3v) is 5.53. The molecule has 0 radical (unpaired) electrons. The summed E-state index contributed by atoms with van der Waals surface area (Å²) in [6.45, 7) is 4.94. The van der Waals surface area contributed by atoms with Gasteiger partial charge in [-0.3, -0.25) is 14.9 Å². The third kappa shape index (κ3) is 3.77. The molecular weight excluding hydrogens is 390 g/mol. The van der Waals surface area contributed by atoms with Gasteiger partial charge in [0, 0.05) is 67.0 Å². The summed E-state index contributed by atoms with van der Waals surface area (Å²) >= 11 is 0. The molecule has 29 heavy (non-hydrogen) atoms. The molecule has 1 aliphatic carbocycles. The van der Waals surface area contributed by atoms with Crippen LogP contribution in [0.15, 0.2) is 24.5 Å². The molecule has 9 heteroatoms. The van der Waals surface area contributed by atoms with Gasteiger partial charge in [0.15, 0.2) is 5.82 Å². The number of piperazine rings is 1. The Morgan fingerprint density at radius 2 is 2.03 bits per heavy atom. The van der Waals surface area contributed by atoms with Crippen molar-refractivity contribution < 1.29 is 4.79 Å². The number of nitrogens with one attached hydrogen (secondary N) is 3. The zero-order valence-electron chi connectivity index (χ0n) is 16.2. The van der Waals surface area contributed by atoms with Crippen LogP contribution in [0.25, 0.3) is 10.8 Å². The third-order valence-electron chi connectivity index (χ3n) is 5.53. The van der Waals surface area contributed by atoms with E-state index in [9.17, 15) is 4.79 Å². The summed E-state index contributed by atoms with van der Waals surface area (Å²) < 4.78 is 0. The maximum atomic E-state index is 13.1. The Bertz CT molecular complexity index is 1040. The van der Waals surface area contributed by atoms with Crippen LogP contribution in [-0.2, 0) is 0 Å². The van der Waals surface area contributed by atoms with Crippen molar-refractivity contribution in [3.05, 3.63) is 41.5 Å². The summed E-state index contributed by atoms with van der Waals surface area (Å²) in [5.74, 6) is 1.92. The molecular formula is C20H24ClN7O. The molecule has 0 bridgehead atoms. The molecule has 1 amide bonds. The molecule has 2 fully saturated rings. The summed E-state index contributed by atoms with van der Waals surface area (Å²) in [6, 6.07) is 3.95. The second-order valence-corrected chi connectivity index (χ2v) is 7.51. The standard InChI is InChI=1S/C20H23N7O.ClH/c1-12-15-11-22-5-4-14(15)19(23-17-10-16(25-26-17)13-2-3-13)24-18(12)20(28)27-8-6-21-7-9-27;/h4-5,10-11,13,21H,2-3,6-9H2,1H3,(H2,23,24,25,26);1H. The van der Waals surface area contributed by atoms with Crippen molar-refractivity contribution >= 4 is 40.7 Å². The average Bonchev–Trinajstić information content (AvgIpc) is 3.49. The molecule has 0 unspecified atom stereocenters. The molecule has 2 aliphatic rings. The van der Waals surface area contributed by atoms with Crippen LogP contribution in [0, 0.1) is 6.92 Å². The lowest BCUT2D eigenvalue weighted by Crippen LogP contribution is -2.46. The molecule has 0 atom stereocenters. The highest BCUT2D eigenvalue weighted by molar-refractivity contribution is 6.03. The van der Waals surface area contributed by atoms with Crippen molar-refractivity contribution in [3.63, 3.8) is 0 Å². The number of pyridine rings is 2. The first-order chi connectivity index (χ1) is 13.7. The highest BCUT2D eigenvalue weighted by atomic mass is 35.5. The van der Waals surface area contributed by atoms with Gasteiger partial charge in [-0.25, -0.2) is 4.98 Å². The van der Waals surface area contributed by atoms with Gasteiger partial charge in [0.25, 0.3) is 5.91 Å². The Balaban J connectivity index is 0.00000205. The van der Waals surface area contributed by atoms with Crippen molar-refractivity contribution in [1.82, 2.24) is 30.4 Å². The van der Waals surface area contributed by atoms with E-state index in [1.165, 1.54) is 12.8 Å². The highest BCUT2D eigenvalue weighted by Crippen LogP contribution is 2.40. The van der Waals surface area contributed by atoms with Gasteiger partial charge < -0.3 is 15.5 Å². The normalized spacial score (nSPS) is 16.5. The molecule has 8 nitrogen and oxygen atoms in total. The first-order valence-corrected chi connectivity index (χ1v) is 9.77. The molecule has 152 valence electrons. The van der Waals surface area contributed by atoms with Crippen LogP contribution in [0.3, 0.4) is 0 Å². The number of hydrogen-bond acceptors (Lipinski definition) is 6. The number of aryl methyl sites for hydroxylation is 1. The van der Waals surface area contributed by atoms with Crippen LogP contribution in [-0.4, -0.2) is 57.2 Å². The fraction of sp³-hybridized carbons (Fsp3) is 0.400. The number of amides is 1. The minimum atomic E-state index is -0.0338. The van der Waals surface area contributed by atoms with E-state index in [2.05, 4.69) is 25.8 Å². The van der Waals surface area contributed by atoms with E-state index in [0.29, 0.717) is 30.5 Å². The number of hydrogen-bond donors (Lipinski definition) is 3. The van der Waals surface area contributed by atoms with Crippen molar-refractivity contribution in [2.45, 2.75) is 25.7 Å². The molecule has 4 heterocycles. The van der Waals surface area contributed by atoms with Crippen molar-refractivity contribution in [2.75, 3.05) is 31.5 Å². The zero-order chi connectivity index (χ0) is 19.1. The van der Waals surface area contributed by atoms with E-state index in [1.54, 1.807) is 12.4 Å². The van der Waals surface area contributed by atoms with E-state index in [4.69, 9.17) is 4.98 Å². The minimum absolute atomic E-state index is 0. The minimum Gasteiger partial charge on any atom is -0.335 e. The van der Waals surface area contributed by atoms with Gasteiger partial charge in [-0.1, -0.05) is 0 Å². The highest BCUT2D eigenvalue weighted by Gasteiger charge is 2.26. The number of aromatic nitrogens is 4. The van der Waals surface area contributed by atoms with Gasteiger partial charge in [0.1, 0.15) is 11.5 Å². The predicted octanol–water partition coefficient (Wildman–Crippen LogP) is 2.75. The molecule has 0 aromatic carbocycles. The molecule has 3 aromatic rings. The van der Waals surface area contributed by atoms with Crippen LogP contribution in [0.5, 0.6) is 0 Å². The number of nitrogens with zero attached hydrogens (tertiary/aromatic N) is 4. The number of anilines is 2.